The van der Waals surface area contributed by atoms with Gasteiger partial charge in [0.1, 0.15) is 17.2 Å². The van der Waals surface area contributed by atoms with Crippen molar-refractivity contribution in [3.05, 3.63) is 79.7 Å². The Kier molecular flexibility index (Phi) is 11.3. The van der Waals surface area contributed by atoms with Crippen LogP contribution < -0.4 is 25.8 Å². The summed E-state index contributed by atoms with van der Waals surface area (Å²) >= 11 is 12.3. The molecule has 0 aliphatic carbocycles. The number of nitrogens with one attached hydrogen (secondary N) is 2. The lowest BCUT2D eigenvalue weighted by Gasteiger charge is -2.26. The molecule has 4 N–H and O–H groups in total. The van der Waals surface area contributed by atoms with Gasteiger partial charge in [0.2, 0.25) is 11.6 Å². The van der Waals surface area contributed by atoms with Crippen LogP contribution in [-0.4, -0.2) is 54.0 Å². The highest BCUT2D eigenvalue weighted by atomic mass is 35.5. The van der Waals surface area contributed by atoms with Gasteiger partial charge in [0.25, 0.3) is 11.4 Å². The lowest BCUT2D eigenvalue weighted by atomic mass is 9.89. The number of aryl methyl sites for hydroxylation is 1. The summed E-state index contributed by atoms with van der Waals surface area (Å²) in [5.74, 6) is -1.28. The lowest BCUT2D eigenvalue weighted by molar-refractivity contribution is -0.526. The van der Waals surface area contributed by atoms with Gasteiger partial charge in [-0.05, 0) is 30.7 Å². The highest BCUT2D eigenvalue weighted by molar-refractivity contribution is 6.42. The van der Waals surface area contributed by atoms with Crippen LogP contribution in [0.3, 0.4) is 0 Å². The number of carbonyl (C=O) groups excluding carboxylic acids is 1. The summed E-state index contributed by atoms with van der Waals surface area (Å²) in [5, 5.41) is 14.0. The summed E-state index contributed by atoms with van der Waals surface area (Å²) in [4.78, 5) is 36.8. The van der Waals surface area contributed by atoms with Crippen molar-refractivity contribution in [1.82, 2.24) is 14.5 Å². The van der Waals surface area contributed by atoms with E-state index in [1.807, 2.05) is 13.8 Å². The van der Waals surface area contributed by atoms with Crippen molar-refractivity contribution in [1.29, 1.82) is 5.41 Å². The summed E-state index contributed by atoms with van der Waals surface area (Å²) < 4.78 is 26.9. The maximum absolute atomic E-state index is 14.9. The fourth-order valence-corrected chi connectivity index (χ4v) is 4.65. The van der Waals surface area contributed by atoms with Crippen molar-refractivity contribution < 1.29 is 24.0 Å². The van der Waals surface area contributed by atoms with Gasteiger partial charge in [0.15, 0.2) is 5.71 Å². The quantitative estimate of drug-likeness (QED) is 0.199. The van der Waals surface area contributed by atoms with Gasteiger partial charge < -0.3 is 24.3 Å². The number of esters is 1. The predicted octanol–water partition coefficient (Wildman–Crippen LogP) is 4.24. The second-order valence-electron chi connectivity index (χ2n) is 10.0. The van der Waals surface area contributed by atoms with E-state index in [0.29, 0.717) is 17.3 Å². The zero-order valence-electron chi connectivity index (χ0n) is 25.0. The van der Waals surface area contributed by atoms with E-state index in [-0.39, 0.29) is 45.3 Å². The number of allylic oxidation sites excluding steroid dienone is 1. The summed E-state index contributed by atoms with van der Waals surface area (Å²) in [6, 6.07) is 4.39. The van der Waals surface area contributed by atoms with E-state index in [0.717, 1.165) is 0 Å². The van der Waals surface area contributed by atoms with Gasteiger partial charge in [-0.1, -0.05) is 43.1 Å². The third-order valence-corrected chi connectivity index (χ3v) is 6.88. The van der Waals surface area contributed by atoms with Gasteiger partial charge in [-0.2, -0.15) is 4.98 Å². The Morgan fingerprint density at radius 1 is 1.26 bits per heavy atom. The summed E-state index contributed by atoms with van der Waals surface area (Å²) in [5.41, 5.74) is 0.467. The molecule has 2 heterocycles. The van der Waals surface area contributed by atoms with Gasteiger partial charge in [-0.15, -0.1) is 0 Å². The second kappa shape index (κ2) is 14.5. The number of hydrogen-bond donors (Lipinski definition) is 3. The molecule has 14 heteroatoms. The summed E-state index contributed by atoms with van der Waals surface area (Å²) in [7, 11) is 6.58. The predicted molar refractivity (Wildman–Crippen MR) is 165 cm³/mol. The monoisotopic (exact) mass is 634 g/mol. The van der Waals surface area contributed by atoms with Crippen LogP contribution in [0, 0.1) is 17.1 Å². The molecule has 2 aromatic heterocycles. The number of halogens is 3. The molecule has 0 aliphatic heterocycles. The molecule has 1 atom stereocenters. The molecule has 1 unspecified atom stereocenters. The Labute approximate surface area is 259 Å². The number of pyridine rings is 1. The van der Waals surface area contributed by atoms with Crippen LogP contribution in [-0.2, 0) is 16.6 Å². The van der Waals surface area contributed by atoms with Gasteiger partial charge in [-0.3, -0.25) is 15.5 Å². The molecule has 230 valence electrons. The Hall–Kier alpha value is -4.00. The number of quaternary nitrogens is 1. The van der Waals surface area contributed by atoms with Crippen molar-refractivity contribution in [2.24, 2.45) is 13.0 Å². The van der Waals surface area contributed by atoms with Crippen molar-refractivity contribution in [2.45, 2.75) is 26.8 Å². The minimum Gasteiger partial charge on any atom is -0.477 e. The Bertz CT molecular complexity index is 1610. The van der Waals surface area contributed by atoms with E-state index in [2.05, 4.69) is 15.3 Å². The normalized spacial score (nSPS) is 12.4. The summed E-state index contributed by atoms with van der Waals surface area (Å²) in [6.45, 7) is 5.37. The largest absolute Gasteiger partial charge is 0.477 e. The first-order valence-corrected chi connectivity index (χ1v) is 14.0. The molecule has 0 spiro atoms. The summed E-state index contributed by atoms with van der Waals surface area (Å²) in [6.07, 6.45) is 3.01. The van der Waals surface area contributed by atoms with Crippen molar-refractivity contribution >= 4 is 52.2 Å². The maximum Gasteiger partial charge on any atom is 0.356 e. The molecule has 43 heavy (non-hydrogen) atoms. The fourth-order valence-electron chi connectivity index (χ4n) is 4.28. The number of anilines is 2. The third-order valence-electron chi connectivity index (χ3n) is 6.37. The van der Waals surface area contributed by atoms with Crippen LogP contribution in [0.15, 0.2) is 52.7 Å². The standard InChI is InChI=1S/C29H34Cl2FN7O4/c1-8-43-28(41)23(33)22(24(15(2)3)36-21-13-34-29(38(4)5)37-26(21)42-7)25(16-9-10-18(31)19(32)11-16)35-20-12-17(30)14-39(6)27(20)40/h9-15,25,33,35-36H,8H2,1-7H3/p+1/b24-22+,33-23?. The van der Waals surface area contributed by atoms with Gasteiger partial charge in [0.05, 0.1) is 41.6 Å². The molecule has 3 rings (SSSR count). The van der Waals surface area contributed by atoms with Crippen LogP contribution >= 0.6 is 23.2 Å². The average Bonchev–Trinajstić information content (AvgIpc) is 2.95. The molecular weight excluding hydrogens is 600 g/mol. The molecule has 0 radical (unpaired) electrons. The third kappa shape index (κ3) is 7.89. The first-order valence-electron chi connectivity index (χ1n) is 13.3. The molecule has 1 aromatic carbocycles. The van der Waals surface area contributed by atoms with Gasteiger partial charge >= 0.3 is 5.97 Å². The number of hydrogen-bond acceptors (Lipinski definition) is 9. The van der Waals surface area contributed by atoms with Crippen LogP contribution in [0.4, 0.5) is 21.7 Å². The molecule has 11 nitrogen and oxygen atoms in total. The minimum atomic E-state index is -1.11. The number of aromatic nitrogens is 3. The number of carbonyl (C=O) groups is 1. The number of nitrogens with zero attached hydrogens (tertiary/aromatic N) is 4. The molecule has 0 fully saturated rings. The van der Waals surface area contributed by atoms with Crippen molar-refractivity contribution in [3.8, 4) is 5.88 Å². The molecule has 3 aromatic rings. The van der Waals surface area contributed by atoms with Crippen LogP contribution in [0.25, 0.3) is 0 Å². The Balaban J connectivity index is 2.38. The highest BCUT2D eigenvalue weighted by Crippen LogP contribution is 2.33. The van der Waals surface area contributed by atoms with Crippen molar-refractivity contribution in [3.63, 3.8) is 0 Å². The topological polar surface area (TPSA) is 139 Å². The van der Waals surface area contributed by atoms with E-state index >= 15 is 0 Å². The van der Waals surface area contributed by atoms with E-state index in [1.165, 1.54) is 43.1 Å². The zero-order chi connectivity index (χ0) is 32.0. The molecule has 0 bridgehead atoms. The molecule has 0 saturated heterocycles. The Morgan fingerprint density at radius 3 is 2.53 bits per heavy atom. The first kappa shape index (κ1) is 33.5. The number of benzene rings is 1. The molecule has 0 amide bonds. The van der Waals surface area contributed by atoms with Gasteiger partial charge in [0, 0.05) is 33.3 Å². The zero-order valence-corrected chi connectivity index (χ0v) is 26.5. The van der Waals surface area contributed by atoms with E-state index in [4.69, 9.17) is 38.1 Å². The smallest absolute Gasteiger partial charge is 0.356 e. The molecular formula is C29H35Cl2FN7O4+. The maximum atomic E-state index is 14.9. The number of nitrogens with two attached hydrogens (primary N) is 1. The average molecular weight is 636 g/mol. The van der Waals surface area contributed by atoms with Crippen LogP contribution in [0.1, 0.15) is 32.4 Å². The number of ether oxygens (including phenoxy) is 2. The minimum absolute atomic E-state index is 0.0192. The van der Waals surface area contributed by atoms with Crippen molar-refractivity contribution in [2.75, 3.05) is 38.0 Å². The number of rotatable bonds is 12. The Morgan fingerprint density at radius 2 is 1.95 bits per heavy atom. The first-order chi connectivity index (χ1) is 20.3. The van der Waals surface area contributed by atoms with Crippen LogP contribution in [0.2, 0.25) is 10.0 Å². The molecule has 0 aliphatic rings. The molecule has 0 saturated carbocycles. The highest BCUT2D eigenvalue weighted by Gasteiger charge is 2.34. The fraction of sp³-hybridized carbons (Fsp3) is 0.345. The van der Waals surface area contributed by atoms with Crippen LogP contribution in [0.5, 0.6) is 5.88 Å². The SMILES string of the molecule is CCOC(=O)C(=N)/C(=C(\[NH2+]c1cnc(N(C)C)nc1OC)C(C)C)C(Nc1cc(Cl)cn(C)c1=O)c1ccc(Cl)c(F)c1. The van der Waals surface area contributed by atoms with E-state index in [1.54, 1.807) is 43.5 Å². The second-order valence-corrected chi connectivity index (χ2v) is 10.9. The number of methoxy groups -OCH3 is 1. The lowest BCUT2D eigenvalue weighted by Crippen LogP contribution is -2.78. The van der Waals surface area contributed by atoms with Gasteiger partial charge in [-0.25, -0.2) is 14.2 Å². The van der Waals surface area contributed by atoms with E-state index in [9.17, 15) is 14.0 Å². The van der Waals surface area contributed by atoms with E-state index < -0.39 is 29.1 Å².